The van der Waals surface area contributed by atoms with E-state index >= 15 is 0 Å². The van der Waals surface area contributed by atoms with Gasteiger partial charge >= 0.3 is 0 Å². The Kier molecular flexibility index (Phi) is 3.21. The molecule has 1 N–H and O–H groups in total. The topological polar surface area (TPSA) is 37.3 Å². The van der Waals surface area contributed by atoms with Crippen molar-refractivity contribution < 1.29 is 9.90 Å². The Morgan fingerprint density at radius 3 is 2.54 bits per heavy atom. The Bertz CT molecular complexity index is 682. The average Bonchev–Trinajstić information content (AvgIpc) is 2.66. The summed E-state index contributed by atoms with van der Waals surface area (Å²) in [6.45, 7) is 15.1. The van der Waals surface area contributed by atoms with Crippen LogP contribution in [0.1, 0.15) is 59.3 Å². The van der Waals surface area contributed by atoms with Crippen LogP contribution >= 0.6 is 0 Å². The van der Waals surface area contributed by atoms with E-state index in [1.807, 2.05) is 13.0 Å². The highest BCUT2D eigenvalue weighted by Gasteiger charge is 2.65. The van der Waals surface area contributed by atoms with Gasteiger partial charge in [-0.25, -0.2) is 0 Å². The number of rotatable bonds is 0. The maximum atomic E-state index is 11.9. The molecule has 24 heavy (non-hydrogen) atoms. The van der Waals surface area contributed by atoms with Gasteiger partial charge in [0.15, 0.2) is 5.78 Å². The Labute approximate surface area is 145 Å². The van der Waals surface area contributed by atoms with Gasteiger partial charge in [0, 0.05) is 11.8 Å². The quantitative estimate of drug-likeness (QED) is 0.706. The molecule has 4 aliphatic rings. The largest absolute Gasteiger partial charge is 0.385 e. The smallest absolute Gasteiger partial charge is 0.155 e. The summed E-state index contributed by atoms with van der Waals surface area (Å²) in [7, 11) is 0. The molecule has 1 unspecified atom stereocenters. The second kappa shape index (κ2) is 4.72. The fourth-order valence-corrected chi connectivity index (χ4v) is 6.80. The van der Waals surface area contributed by atoms with E-state index in [0.717, 1.165) is 43.3 Å². The molecule has 2 nitrogen and oxygen atoms in total. The minimum atomic E-state index is -0.848. The van der Waals surface area contributed by atoms with Crippen LogP contribution in [0.15, 0.2) is 36.0 Å². The molecule has 0 aliphatic heterocycles. The van der Waals surface area contributed by atoms with Crippen LogP contribution in [0.2, 0.25) is 0 Å². The van der Waals surface area contributed by atoms with Crippen molar-refractivity contribution >= 4 is 5.78 Å². The van der Waals surface area contributed by atoms with Gasteiger partial charge in [0.1, 0.15) is 0 Å². The molecule has 130 valence electrons. The summed E-state index contributed by atoms with van der Waals surface area (Å²) < 4.78 is 0. The molecular formula is C22H30O2. The summed E-state index contributed by atoms with van der Waals surface area (Å²) in [4.78, 5) is 11.9. The maximum Gasteiger partial charge on any atom is 0.155 e. The summed E-state index contributed by atoms with van der Waals surface area (Å²) in [5.74, 6) is 1.79. The summed E-state index contributed by atoms with van der Waals surface area (Å²) in [5, 5.41) is 11.2. The number of hydrogen-bond donors (Lipinski definition) is 1. The standard InChI is InChI=1S/C22H30O2/c1-13-14(2)22(5,24)21(4)11-9-18-17(19(13)21)7-6-15-12-16(23)8-10-20(15,18)3/h12,17-19,24H,1-2,6-11H2,3-5H3/t17-,18-,19+,20+,21+,22?/m1/s1. The van der Waals surface area contributed by atoms with Gasteiger partial charge < -0.3 is 5.11 Å². The van der Waals surface area contributed by atoms with Gasteiger partial charge in [-0.3, -0.25) is 4.79 Å². The van der Waals surface area contributed by atoms with E-state index in [1.54, 1.807) is 0 Å². The van der Waals surface area contributed by atoms with Crippen molar-refractivity contribution in [1.29, 1.82) is 0 Å². The molecule has 3 fully saturated rings. The number of carbonyl (C=O) groups is 1. The zero-order chi connectivity index (χ0) is 17.5. The summed E-state index contributed by atoms with van der Waals surface area (Å²) >= 11 is 0. The zero-order valence-electron chi connectivity index (χ0n) is 15.3. The lowest BCUT2D eigenvalue weighted by atomic mass is 9.46. The molecule has 4 rings (SSSR count). The molecule has 3 saturated carbocycles. The van der Waals surface area contributed by atoms with Crippen molar-refractivity contribution in [2.75, 3.05) is 0 Å². The van der Waals surface area contributed by atoms with Crippen LogP contribution in [0.5, 0.6) is 0 Å². The lowest BCUT2D eigenvalue weighted by molar-refractivity contribution is -0.119. The second-order valence-electron chi connectivity index (χ2n) is 9.37. The lowest BCUT2D eigenvalue weighted by Crippen LogP contribution is -2.54. The van der Waals surface area contributed by atoms with Gasteiger partial charge in [-0.2, -0.15) is 0 Å². The third-order valence-electron chi connectivity index (χ3n) is 8.59. The molecule has 0 bridgehead atoms. The van der Waals surface area contributed by atoms with Crippen LogP contribution in [-0.4, -0.2) is 16.5 Å². The molecule has 0 radical (unpaired) electrons. The third kappa shape index (κ3) is 1.73. The summed E-state index contributed by atoms with van der Waals surface area (Å²) in [6.07, 6.45) is 7.92. The molecule has 0 saturated heterocycles. The molecule has 6 atom stereocenters. The van der Waals surface area contributed by atoms with E-state index in [-0.39, 0.29) is 10.8 Å². The van der Waals surface area contributed by atoms with Crippen LogP contribution in [-0.2, 0) is 4.79 Å². The van der Waals surface area contributed by atoms with Crippen LogP contribution < -0.4 is 0 Å². The van der Waals surface area contributed by atoms with Crippen molar-refractivity contribution in [3.63, 3.8) is 0 Å². The van der Waals surface area contributed by atoms with E-state index < -0.39 is 5.60 Å². The Morgan fingerprint density at radius 1 is 1.12 bits per heavy atom. The van der Waals surface area contributed by atoms with E-state index in [9.17, 15) is 9.90 Å². The summed E-state index contributed by atoms with van der Waals surface area (Å²) in [6, 6.07) is 0. The van der Waals surface area contributed by atoms with Crippen LogP contribution in [0.4, 0.5) is 0 Å². The molecule has 2 heteroatoms. The first-order valence-electron chi connectivity index (χ1n) is 9.48. The molecule has 0 spiro atoms. The Hall–Kier alpha value is -1.15. The first kappa shape index (κ1) is 16.3. The first-order chi connectivity index (χ1) is 11.1. The number of ketones is 1. The Balaban J connectivity index is 1.77. The summed E-state index contributed by atoms with van der Waals surface area (Å²) in [5.41, 5.74) is 2.48. The van der Waals surface area contributed by atoms with Gasteiger partial charge in [0.2, 0.25) is 0 Å². The van der Waals surface area contributed by atoms with Gasteiger partial charge in [-0.15, -0.1) is 0 Å². The van der Waals surface area contributed by atoms with E-state index in [2.05, 4.69) is 27.0 Å². The fourth-order valence-electron chi connectivity index (χ4n) is 6.80. The lowest BCUT2D eigenvalue weighted by Gasteiger charge is -2.58. The van der Waals surface area contributed by atoms with Gasteiger partial charge in [-0.05, 0) is 79.4 Å². The van der Waals surface area contributed by atoms with Crippen LogP contribution in [0.3, 0.4) is 0 Å². The van der Waals surface area contributed by atoms with Gasteiger partial charge in [0.25, 0.3) is 0 Å². The third-order valence-corrected chi connectivity index (χ3v) is 8.59. The molecule has 0 aromatic rings. The van der Waals surface area contributed by atoms with Crippen LogP contribution in [0, 0.1) is 28.6 Å². The monoisotopic (exact) mass is 326 g/mol. The highest BCUT2D eigenvalue weighted by molar-refractivity contribution is 5.91. The highest BCUT2D eigenvalue weighted by atomic mass is 16.3. The molecule has 0 aromatic carbocycles. The minimum absolute atomic E-state index is 0.148. The SMILES string of the molecule is C=C1C(=C)C(C)(O)[C@@]2(C)CC[C@@H]3[C@@H](CCC4=CC(=O)CC[C@@]43C)[C@H]12. The van der Waals surface area contributed by atoms with Crippen molar-refractivity contribution in [2.24, 2.45) is 28.6 Å². The number of fused-ring (bicyclic) bond motifs is 5. The molecule has 4 aliphatic carbocycles. The van der Waals surface area contributed by atoms with Crippen molar-refractivity contribution in [2.45, 2.75) is 64.9 Å². The predicted molar refractivity (Wildman–Crippen MR) is 96.4 cm³/mol. The molecule has 0 heterocycles. The molecule has 0 aromatic heterocycles. The van der Waals surface area contributed by atoms with Crippen molar-refractivity contribution in [3.8, 4) is 0 Å². The molecule has 0 amide bonds. The van der Waals surface area contributed by atoms with Gasteiger partial charge in [0.05, 0.1) is 5.60 Å². The predicted octanol–water partition coefficient (Wildman–Crippen LogP) is 4.60. The van der Waals surface area contributed by atoms with E-state index in [1.165, 1.54) is 5.57 Å². The van der Waals surface area contributed by atoms with E-state index in [0.29, 0.717) is 30.0 Å². The Morgan fingerprint density at radius 2 is 1.83 bits per heavy atom. The first-order valence-corrected chi connectivity index (χ1v) is 9.48. The second-order valence-corrected chi connectivity index (χ2v) is 9.37. The average molecular weight is 326 g/mol. The van der Waals surface area contributed by atoms with Crippen molar-refractivity contribution in [3.05, 3.63) is 36.0 Å². The van der Waals surface area contributed by atoms with Crippen molar-refractivity contribution in [1.82, 2.24) is 0 Å². The number of hydrogen-bond acceptors (Lipinski definition) is 2. The highest BCUT2D eigenvalue weighted by Crippen LogP contribution is 2.69. The van der Waals surface area contributed by atoms with E-state index in [4.69, 9.17) is 0 Å². The number of aliphatic hydroxyl groups is 1. The minimum Gasteiger partial charge on any atom is -0.385 e. The number of allylic oxidation sites excluding steroid dienone is 1. The normalized spacial score (nSPS) is 50.9. The number of carbonyl (C=O) groups excluding carboxylic acids is 1. The maximum absolute atomic E-state index is 11.9. The zero-order valence-corrected chi connectivity index (χ0v) is 15.3. The molecular weight excluding hydrogens is 296 g/mol. The van der Waals surface area contributed by atoms with Gasteiger partial charge in [-0.1, -0.05) is 32.6 Å². The van der Waals surface area contributed by atoms with Crippen LogP contribution in [0.25, 0.3) is 0 Å². The fraction of sp³-hybridized carbons (Fsp3) is 0.682.